The van der Waals surface area contributed by atoms with Crippen LogP contribution in [0.4, 0.5) is 0 Å². The van der Waals surface area contributed by atoms with E-state index in [1.165, 1.54) is 18.4 Å². The van der Waals surface area contributed by atoms with Gasteiger partial charge in [0.25, 0.3) is 0 Å². The maximum Gasteiger partial charge on any atom is 0.00957 e. The Labute approximate surface area is 86.5 Å². The quantitative estimate of drug-likeness (QED) is 0.754. The molecule has 1 N–H and O–H groups in total. The summed E-state index contributed by atoms with van der Waals surface area (Å²) < 4.78 is 0. The van der Waals surface area contributed by atoms with Gasteiger partial charge in [0.1, 0.15) is 0 Å². The van der Waals surface area contributed by atoms with Crippen molar-refractivity contribution in [2.45, 2.75) is 31.7 Å². The highest BCUT2D eigenvalue weighted by molar-refractivity contribution is 5.22. The van der Waals surface area contributed by atoms with Gasteiger partial charge >= 0.3 is 0 Å². The van der Waals surface area contributed by atoms with Gasteiger partial charge in [0.2, 0.25) is 0 Å². The fraction of sp³-hybridized carbons (Fsp3) is 0.538. The maximum absolute atomic E-state index is 3.41. The molecule has 0 spiro atoms. The van der Waals surface area contributed by atoms with Crippen LogP contribution in [-0.4, -0.2) is 13.1 Å². The molecule has 0 saturated heterocycles. The summed E-state index contributed by atoms with van der Waals surface area (Å²) in [7, 11) is 2.08. The third kappa shape index (κ3) is 1.69. The van der Waals surface area contributed by atoms with Gasteiger partial charge in [-0.3, -0.25) is 0 Å². The summed E-state index contributed by atoms with van der Waals surface area (Å²) in [6.07, 6.45) is 2.65. The van der Waals surface area contributed by atoms with Crippen molar-refractivity contribution < 1.29 is 0 Å². The summed E-state index contributed by atoms with van der Waals surface area (Å²) in [6.45, 7) is 2.37. The van der Waals surface area contributed by atoms with E-state index in [-0.39, 0.29) is 0 Å². The Balaban J connectivity index is 2.14. The minimum absolute atomic E-state index is 0.709. The number of hydrogen-bond acceptors (Lipinski definition) is 1. The third-order valence-corrected chi connectivity index (χ3v) is 3.66. The molecule has 1 aliphatic rings. The molecule has 0 radical (unpaired) electrons. The van der Waals surface area contributed by atoms with E-state index in [0.29, 0.717) is 6.04 Å². The van der Waals surface area contributed by atoms with Gasteiger partial charge in [0, 0.05) is 6.04 Å². The zero-order chi connectivity index (χ0) is 9.97. The monoisotopic (exact) mass is 189 g/mol. The lowest BCUT2D eigenvalue weighted by molar-refractivity contribution is 0.429. The number of hydrogen-bond donors (Lipinski definition) is 1. The molecule has 2 rings (SSSR count). The lowest BCUT2D eigenvalue weighted by Crippen LogP contribution is -2.28. The molecule has 1 fully saturated rings. The zero-order valence-corrected chi connectivity index (χ0v) is 9.03. The molecule has 1 heteroatoms. The van der Waals surface area contributed by atoms with E-state index >= 15 is 0 Å². The second-order valence-corrected chi connectivity index (χ2v) is 4.35. The molecular weight excluding hydrogens is 170 g/mol. The average molecular weight is 189 g/mol. The van der Waals surface area contributed by atoms with Gasteiger partial charge in [0.15, 0.2) is 0 Å². The summed E-state index contributed by atoms with van der Waals surface area (Å²) in [4.78, 5) is 0. The molecule has 0 aromatic heterocycles. The molecule has 14 heavy (non-hydrogen) atoms. The molecule has 0 heterocycles. The van der Waals surface area contributed by atoms with Crippen LogP contribution >= 0.6 is 0 Å². The van der Waals surface area contributed by atoms with E-state index in [1.807, 2.05) is 0 Å². The van der Waals surface area contributed by atoms with Crippen molar-refractivity contribution in [3.63, 3.8) is 0 Å². The highest BCUT2D eigenvalue weighted by Gasteiger charge is 2.32. The first-order valence-electron chi connectivity index (χ1n) is 5.55. The van der Waals surface area contributed by atoms with Crippen molar-refractivity contribution in [3.8, 4) is 0 Å². The van der Waals surface area contributed by atoms with Crippen molar-refractivity contribution in [2.75, 3.05) is 7.05 Å². The summed E-state index contributed by atoms with van der Waals surface area (Å²) >= 11 is 0. The molecule has 0 bridgehead atoms. The highest BCUT2D eigenvalue weighted by Crippen LogP contribution is 2.39. The Morgan fingerprint density at radius 1 is 1.14 bits per heavy atom. The summed E-state index contributed by atoms with van der Waals surface area (Å²) in [5, 5.41) is 3.41. The van der Waals surface area contributed by atoms with Crippen LogP contribution in [0.3, 0.4) is 0 Å². The van der Waals surface area contributed by atoms with Crippen molar-refractivity contribution in [3.05, 3.63) is 35.9 Å². The van der Waals surface area contributed by atoms with Gasteiger partial charge in [-0.2, -0.15) is 0 Å². The van der Waals surface area contributed by atoms with Crippen LogP contribution in [-0.2, 0) is 0 Å². The van der Waals surface area contributed by atoms with Gasteiger partial charge in [-0.1, -0.05) is 37.3 Å². The summed E-state index contributed by atoms with van der Waals surface area (Å²) in [6, 6.07) is 11.6. The van der Waals surface area contributed by atoms with Crippen LogP contribution in [0.5, 0.6) is 0 Å². The van der Waals surface area contributed by atoms with E-state index < -0.39 is 0 Å². The van der Waals surface area contributed by atoms with Crippen LogP contribution < -0.4 is 5.32 Å². The lowest BCUT2D eigenvalue weighted by atomic mass is 9.89. The summed E-state index contributed by atoms with van der Waals surface area (Å²) in [5.74, 6) is 1.52. The molecule has 3 atom stereocenters. The second kappa shape index (κ2) is 4.14. The number of rotatable bonds is 2. The fourth-order valence-corrected chi connectivity index (χ4v) is 2.74. The molecule has 1 aliphatic carbocycles. The Morgan fingerprint density at radius 3 is 2.43 bits per heavy atom. The molecule has 0 amide bonds. The highest BCUT2D eigenvalue weighted by atomic mass is 14.9. The van der Waals surface area contributed by atoms with E-state index in [0.717, 1.165) is 11.8 Å². The van der Waals surface area contributed by atoms with Gasteiger partial charge in [-0.05, 0) is 37.3 Å². The van der Waals surface area contributed by atoms with Crippen LogP contribution in [0.2, 0.25) is 0 Å². The van der Waals surface area contributed by atoms with Gasteiger partial charge in [-0.25, -0.2) is 0 Å². The van der Waals surface area contributed by atoms with Crippen molar-refractivity contribution >= 4 is 0 Å². The molecule has 1 aromatic carbocycles. The molecule has 1 nitrogen and oxygen atoms in total. The normalized spacial score (nSPS) is 32.0. The van der Waals surface area contributed by atoms with E-state index in [2.05, 4.69) is 49.6 Å². The topological polar surface area (TPSA) is 12.0 Å². The van der Waals surface area contributed by atoms with E-state index in [9.17, 15) is 0 Å². The Bertz CT molecular complexity index is 281. The fourth-order valence-electron chi connectivity index (χ4n) is 2.74. The van der Waals surface area contributed by atoms with Crippen LogP contribution in [0.25, 0.3) is 0 Å². The zero-order valence-electron chi connectivity index (χ0n) is 9.03. The molecular formula is C13H19N. The van der Waals surface area contributed by atoms with Gasteiger partial charge < -0.3 is 5.32 Å². The van der Waals surface area contributed by atoms with E-state index in [4.69, 9.17) is 0 Å². The van der Waals surface area contributed by atoms with Crippen molar-refractivity contribution in [2.24, 2.45) is 5.92 Å². The van der Waals surface area contributed by atoms with Gasteiger partial charge in [0.05, 0.1) is 0 Å². The first kappa shape index (κ1) is 9.72. The smallest absolute Gasteiger partial charge is 0.00957 e. The van der Waals surface area contributed by atoms with E-state index in [1.54, 1.807) is 0 Å². The first-order chi connectivity index (χ1) is 6.83. The molecule has 3 unspecified atom stereocenters. The Hall–Kier alpha value is -0.820. The van der Waals surface area contributed by atoms with Crippen LogP contribution in [0, 0.1) is 5.92 Å². The Kier molecular flexibility index (Phi) is 2.87. The molecule has 1 saturated carbocycles. The molecule has 0 aliphatic heterocycles. The number of nitrogens with one attached hydrogen (secondary N) is 1. The minimum Gasteiger partial charge on any atom is -0.317 e. The average Bonchev–Trinajstić information content (AvgIpc) is 2.61. The van der Waals surface area contributed by atoms with Gasteiger partial charge in [-0.15, -0.1) is 0 Å². The predicted molar refractivity (Wildman–Crippen MR) is 60.4 cm³/mol. The maximum atomic E-state index is 3.41. The van der Waals surface area contributed by atoms with Crippen molar-refractivity contribution in [1.29, 1.82) is 0 Å². The lowest BCUT2D eigenvalue weighted by Gasteiger charge is -2.20. The predicted octanol–water partition coefficient (Wildman–Crippen LogP) is 2.79. The molecule has 76 valence electrons. The van der Waals surface area contributed by atoms with Crippen LogP contribution in [0.1, 0.15) is 31.2 Å². The second-order valence-electron chi connectivity index (χ2n) is 4.35. The Morgan fingerprint density at radius 2 is 1.86 bits per heavy atom. The number of benzene rings is 1. The standard InChI is InChI=1S/C13H19N/c1-10-12(8-9-13(10)14-2)11-6-4-3-5-7-11/h3-7,10,12-14H,8-9H2,1-2H3. The first-order valence-corrected chi connectivity index (χ1v) is 5.55. The SMILES string of the molecule is CNC1CCC(c2ccccc2)C1C. The largest absolute Gasteiger partial charge is 0.317 e. The van der Waals surface area contributed by atoms with Crippen LogP contribution in [0.15, 0.2) is 30.3 Å². The minimum atomic E-state index is 0.709. The summed E-state index contributed by atoms with van der Waals surface area (Å²) in [5.41, 5.74) is 1.51. The van der Waals surface area contributed by atoms with Crippen molar-refractivity contribution in [1.82, 2.24) is 5.32 Å². The molecule has 1 aromatic rings. The third-order valence-electron chi connectivity index (χ3n) is 3.66.